The Balaban J connectivity index is 2.00. The minimum atomic E-state index is -3.72. The highest BCUT2D eigenvalue weighted by Crippen LogP contribution is 2.55. The number of nitriles is 1. The van der Waals surface area contributed by atoms with E-state index in [-0.39, 0.29) is 4.90 Å². The largest absolute Gasteiger partial charge is 0.312 e. The molecule has 2 aromatic rings. The highest BCUT2D eigenvalue weighted by Gasteiger charge is 2.70. The fourth-order valence-corrected chi connectivity index (χ4v) is 5.43. The van der Waals surface area contributed by atoms with Gasteiger partial charge in [0, 0.05) is 10.9 Å². The Morgan fingerprint density at radius 3 is 2.25 bits per heavy atom. The molecule has 1 fully saturated rings. The van der Waals surface area contributed by atoms with Gasteiger partial charge < -0.3 is 5.73 Å². The van der Waals surface area contributed by atoms with Crippen LogP contribution in [0.3, 0.4) is 0 Å². The van der Waals surface area contributed by atoms with Crippen molar-refractivity contribution in [3.8, 4) is 6.07 Å². The highest BCUT2D eigenvalue weighted by molar-refractivity contribution is 7.92. The molecule has 2 N–H and O–H groups in total. The monoisotopic (exact) mass is 360 g/mol. The average Bonchev–Trinajstić information content (AvgIpc) is 3.23. The van der Waals surface area contributed by atoms with Gasteiger partial charge in [-0.15, -0.1) is 0 Å². The van der Waals surface area contributed by atoms with Crippen LogP contribution >= 0.6 is 11.6 Å². The van der Waals surface area contributed by atoms with Gasteiger partial charge in [-0.25, -0.2) is 8.42 Å². The molecule has 0 radical (unpaired) electrons. The first-order chi connectivity index (χ1) is 11.3. The molecule has 3 rings (SSSR count). The van der Waals surface area contributed by atoms with Crippen LogP contribution in [0.25, 0.3) is 0 Å². The van der Waals surface area contributed by atoms with Crippen LogP contribution in [-0.4, -0.2) is 19.2 Å². The van der Waals surface area contributed by atoms with Crippen LogP contribution in [0.4, 0.5) is 0 Å². The molecule has 0 saturated heterocycles. The zero-order valence-electron chi connectivity index (χ0n) is 13.1. The Morgan fingerprint density at radius 2 is 1.75 bits per heavy atom. The Labute approximate surface area is 146 Å². The second kappa shape index (κ2) is 5.89. The average molecular weight is 361 g/mol. The third-order valence-corrected chi connectivity index (χ3v) is 7.11. The molecule has 3 atom stereocenters. The minimum absolute atomic E-state index is 0.134. The van der Waals surface area contributed by atoms with Gasteiger partial charge in [-0.3, -0.25) is 0 Å². The van der Waals surface area contributed by atoms with Gasteiger partial charge >= 0.3 is 0 Å². The lowest BCUT2D eigenvalue weighted by molar-refractivity contribution is 0.592. The van der Waals surface area contributed by atoms with Crippen molar-refractivity contribution < 1.29 is 8.42 Å². The summed E-state index contributed by atoms with van der Waals surface area (Å²) in [7, 11) is -3.72. The quantitative estimate of drug-likeness (QED) is 0.908. The molecule has 2 aromatic carbocycles. The first-order valence-corrected chi connectivity index (χ1v) is 9.55. The van der Waals surface area contributed by atoms with E-state index in [2.05, 4.69) is 0 Å². The molecule has 0 amide bonds. The molecule has 0 aliphatic heterocycles. The van der Waals surface area contributed by atoms with Crippen molar-refractivity contribution in [2.24, 2.45) is 5.73 Å². The SMILES string of the molecule is CCc1ccc([C@H]2[C@@H](S(=O)(=O)c3ccc(Cl)cc3)[C@@]2(N)C#N)cc1. The third kappa shape index (κ3) is 2.61. The summed E-state index contributed by atoms with van der Waals surface area (Å²) < 4.78 is 25.8. The number of nitrogens with zero attached hydrogens (tertiary/aromatic N) is 1. The second-order valence-electron chi connectivity index (χ2n) is 6.04. The van der Waals surface area contributed by atoms with Gasteiger partial charge in [0.05, 0.1) is 11.0 Å². The van der Waals surface area contributed by atoms with Gasteiger partial charge in [-0.1, -0.05) is 42.8 Å². The summed E-state index contributed by atoms with van der Waals surface area (Å²) in [6, 6.07) is 15.5. The maximum Gasteiger partial charge on any atom is 0.184 e. The van der Waals surface area contributed by atoms with Crippen LogP contribution in [0.1, 0.15) is 24.0 Å². The van der Waals surface area contributed by atoms with Crippen molar-refractivity contribution >= 4 is 21.4 Å². The van der Waals surface area contributed by atoms with Crippen molar-refractivity contribution in [2.45, 2.75) is 34.9 Å². The van der Waals surface area contributed by atoms with Crippen molar-refractivity contribution in [1.82, 2.24) is 0 Å². The predicted molar refractivity (Wildman–Crippen MR) is 93.5 cm³/mol. The molecular weight excluding hydrogens is 344 g/mol. The maximum atomic E-state index is 12.9. The number of benzene rings is 2. The third-order valence-electron chi connectivity index (χ3n) is 4.60. The number of rotatable bonds is 4. The van der Waals surface area contributed by atoms with E-state index in [9.17, 15) is 13.7 Å². The van der Waals surface area contributed by atoms with E-state index in [1.165, 1.54) is 24.3 Å². The lowest BCUT2D eigenvalue weighted by Crippen LogP contribution is -2.29. The van der Waals surface area contributed by atoms with Gasteiger partial charge in [0.1, 0.15) is 10.8 Å². The fourth-order valence-electron chi connectivity index (χ4n) is 3.13. The van der Waals surface area contributed by atoms with Crippen molar-refractivity contribution in [3.05, 3.63) is 64.7 Å². The van der Waals surface area contributed by atoms with E-state index in [1.54, 1.807) is 0 Å². The second-order valence-corrected chi connectivity index (χ2v) is 8.54. The zero-order chi connectivity index (χ0) is 17.5. The Hall–Kier alpha value is -1.87. The van der Waals surface area contributed by atoms with Crippen LogP contribution in [0.15, 0.2) is 53.4 Å². The van der Waals surface area contributed by atoms with E-state index in [0.717, 1.165) is 17.5 Å². The Kier molecular flexibility index (Phi) is 4.16. The summed E-state index contributed by atoms with van der Waals surface area (Å²) in [5.41, 5.74) is 6.64. The van der Waals surface area contributed by atoms with Gasteiger partial charge in [0.25, 0.3) is 0 Å². The van der Waals surface area contributed by atoms with Crippen molar-refractivity contribution in [1.29, 1.82) is 5.26 Å². The molecule has 0 bridgehead atoms. The van der Waals surface area contributed by atoms with E-state index in [1.807, 2.05) is 37.3 Å². The molecule has 1 saturated carbocycles. The molecule has 0 spiro atoms. The molecule has 1 aliphatic carbocycles. The first-order valence-electron chi connectivity index (χ1n) is 7.63. The zero-order valence-corrected chi connectivity index (χ0v) is 14.7. The van der Waals surface area contributed by atoms with Crippen LogP contribution < -0.4 is 5.73 Å². The molecular formula is C18H17ClN2O2S. The van der Waals surface area contributed by atoms with Crippen LogP contribution in [0.5, 0.6) is 0 Å². The van der Waals surface area contributed by atoms with E-state index >= 15 is 0 Å². The summed E-state index contributed by atoms with van der Waals surface area (Å²) in [6.45, 7) is 2.04. The van der Waals surface area contributed by atoms with Crippen LogP contribution in [0, 0.1) is 11.3 Å². The van der Waals surface area contributed by atoms with Gasteiger partial charge in [0.2, 0.25) is 0 Å². The number of sulfone groups is 1. The number of aryl methyl sites for hydroxylation is 1. The van der Waals surface area contributed by atoms with Crippen molar-refractivity contribution in [2.75, 3.05) is 0 Å². The number of hydrogen-bond donors (Lipinski definition) is 1. The summed E-state index contributed by atoms with van der Waals surface area (Å²) >= 11 is 5.82. The summed E-state index contributed by atoms with van der Waals surface area (Å²) in [6.07, 6.45) is 0.892. The molecule has 0 heterocycles. The minimum Gasteiger partial charge on any atom is -0.312 e. The van der Waals surface area contributed by atoms with Gasteiger partial charge in [-0.2, -0.15) is 5.26 Å². The Bertz CT molecular complexity index is 902. The maximum absolute atomic E-state index is 12.9. The fraction of sp³-hybridized carbons (Fsp3) is 0.278. The van der Waals surface area contributed by atoms with E-state index < -0.39 is 26.5 Å². The molecule has 4 nitrogen and oxygen atoms in total. The highest BCUT2D eigenvalue weighted by atomic mass is 35.5. The van der Waals surface area contributed by atoms with Gasteiger partial charge in [-0.05, 0) is 41.8 Å². The summed E-state index contributed by atoms with van der Waals surface area (Å²) in [4.78, 5) is 0.134. The van der Waals surface area contributed by atoms with Crippen LogP contribution in [0.2, 0.25) is 5.02 Å². The van der Waals surface area contributed by atoms with Gasteiger partial charge in [0.15, 0.2) is 9.84 Å². The van der Waals surface area contributed by atoms with E-state index in [0.29, 0.717) is 5.02 Å². The summed E-state index contributed by atoms with van der Waals surface area (Å²) in [5, 5.41) is 8.96. The molecule has 0 aromatic heterocycles. The van der Waals surface area contributed by atoms with Crippen LogP contribution in [-0.2, 0) is 16.3 Å². The standard InChI is InChI=1S/C18H17ClN2O2S/c1-2-12-3-5-13(6-4-12)16-17(18(16,21)11-20)24(22,23)15-9-7-14(19)8-10-15/h3-10,16-17H,2,21H2,1H3/t16-,17+,18+/m0/s1. The van der Waals surface area contributed by atoms with E-state index in [4.69, 9.17) is 17.3 Å². The normalized spacial score (nSPS) is 25.9. The topological polar surface area (TPSA) is 83.9 Å². The summed E-state index contributed by atoms with van der Waals surface area (Å²) in [5.74, 6) is -0.533. The lowest BCUT2D eigenvalue weighted by Gasteiger charge is -2.05. The molecule has 124 valence electrons. The molecule has 24 heavy (non-hydrogen) atoms. The lowest BCUT2D eigenvalue weighted by atomic mass is 10.0. The number of nitrogens with two attached hydrogens (primary N) is 1. The first kappa shape index (κ1) is 17.0. The molecule has 0 unspecified atom stereocenters. The van der Waals surface area contributed by atoms with Crippen molar-refractivity contribution in [3.63, 3.8) is 0 Å². The molecule has 1 aliphatic rings. The predicted octanol–water partition coefficient (Wildman–Crippen LogP) is 3.06. The number of halogens is 1. The smallest absolute Gasteiger partial charge is 0.184 e. The molecule has 6 heteroatoms. The number of hydrogen-bond acceptors (Lipinski definition) is 4. The Morgan fingerprint density at radius 1 is 1.17 bits per heavy atom.